The lowest BCUT2D eigenvalue weighted by atomic mass is 9.86. The Morgan fingerprint density at radius 1 is 1.32 bits per heavy atom. The molecular formula is C16H21F2NO3. The average molecular weight is 313 g/mol. The monoisotopic (exact) mass is 313 g/mol. The molecule has 1 aliphatic carbocycles. The predicted molar refractivity (Wildman–Crippen MR) is 78.0 cm³/mol. The van der Waals surface area contributed by atoms with Gasteiger partial charge in [-0.1, -0.05) is 6.07 Å². The van der Waals surface area contributed by atoms with Crippen LogP contribution in [0, 0.1) is 5.92 Å². The molecule has 1 amide bonds. The Hall–Kier alpha value is -1.85. The van der Waals surface area contributed by atoms with E-state index >= 15 is 0 Å². The number of rotatable bonds is 4. The second-order valence-electron chi connectivity index (χ2n) is 6.07. The van der Waals surface area contributed by atoms with Crippen molar-refractivity contribution in [2.75, 3.05) is 0 Å². The van der Waals surface area contributed by atoms with Crippen LogP contribution in [-0.4, -0.2) is 28.1 Å². The Bertz CT molecular complexity index is 538. The number of nitrogens with one attached hydrogen (secondary N) is 1. The van der Waals surface area contributed by atoms with E-state index < -0.39 is 5.92 Å². The second-order valence-corrected chi connectivity index (χ2v) is 6.07. The van der Waals surface area contributed by atoms with Crippen LogP contribution in [0.3, 0.4) is 0 Å². The average Bonchev–Trinajstić information content (AvgIpc) is 2.42. The third-order valence-corrected chi connectivity index (χ3v) is 4.06. The third kappa shape index (κ3) is 4.32. The topological polar surface area (TPSA) is 69.6 Å². The van der Waals surface area contributed by atoms with Gasteiger partial charge in [-0.15, -0.1) is 0 Å². The largest absolute Gasteiger partial charge is 0.504 e. The van der Waals surface area contributed by atoms with Gasteiger partial charge in [0, 0.05) is 24.8 Å². The van der Waals surface area contributed by atoms with Crippen molar-refractivity contribution in [1.29, 1.82) is 0 Å². The summed E-state index contributed by atoms with van der Waals surface area (Å²) in [6.45, 7) is 1.82. The number of benzene rings is 1. The van der Waals surface area contributed by atoms with E-state index in [1.807, 2.05) is 6.92 Å². The molecule has 1 aliphatic rings. The zero-order chi connectivity index (χ0) is 16.3. The van der Waals surface area contributed by atoms with Gasteiger partial charge in [0.05, 0.1) is 0 Å². The van der Waals surface area contributed by atoms with Gasteiger partial charge in [0.15, 0.2) is 11.5 Å². The Labute approximate surface area is 128 Å². The van der Waals surface area contributed by atoms with Crippen molar-refractivity contribution in [2.24, 2.45) is 5.92 Å². The number of halogens is 2. The quantitative estimate of drug-likeness (QED) is 0.749. The molecule has 1 atom stereocenters. The van der Waals surface area contributed by atoms with Crippen LogP contribution in [0.1, 0.15) is 38.2 Å². The van der Waals surface area contributed by atoms with Gasteiger partial charge in [0.25, 0.3) is 0 Å². The van der Waals surface area contributed by atoms with Crippen LogP contribution >= 0.6 is 0 Å². The molecule has 6 heteroatoms. The van der Waals surface area contributed by atoms with Crippen molar-refractivity contribution in [3.63, 3.8) is 0 Å². The fraction of sp³-hybridized carbons (Fsp3) is 0.562. The van der Waals surface area contributed by atoms with Crippen LogP contribution in [0.25, 0.3) is 0 Å². The van der Waals surface area contributed by atoms with Gasteiger partial charge in [-0.05, 0) is 43.9 Å². The lowest BCUT2D eigenvalue weighted by Crippen LogP contribution is -2.40. The van der Waals surface area contributed by atoms with Gasteiger partial charge in [-0.25, -0.2) is 8.78 Å². The summed E-state index contributed by atoms with van der Waals surface area (Å²) in [6, 6.07) is 4.32. The number of carbonyl (C=O) groups excluding carboxylic acids is 1. The minimum absolute atomic E-state index is 0.182. The standard InChI is InChI=1S/C16H21F2NO3/c1-10(8-11-2-3-13(20)14(21)9-11)19-15(22)12-4-6-16(17,18)7-5-12/h2-3,9-10,12,20-21H,4-8H2,1H3,(H,19,22). The molecule has 0 bridgehead atoms. The molecule has 1 aromatic carbocycles. The first-order valence-electron chi connectivity index (χ1n) is 7.46. The molecule has 0 saturated heterocycles. The van der Waals surface area contributed by atoms with Crippen LogP contribution in [-0.2, 0) is 11.2 Å². The van der Waals surface area contributed by atoms with Gasteiger partial charge in [0.1, 0.15) is 0 Å². The van der Waals surface area contributed by atoms with Gasteiger partial charge >= 0.3 is 0 Å². The number of carbonyl (C=O) groups is 1. The lowest BCUT2D eigenvalue weighted by molar-refractivity contribution is -0.129. The molecule has 4 nitrogen and oxygen atoms in total. The summed E-state index contributed by atoms with van der Waals surface area (Å²) in [5.74, 6) is -3.57. The number of hydrogen-bond acceptors (Lipinski definition) is 3. The molecule has 1 saturated carbocycles. The first-order chi connectivity index (χ1) is 10.3. The molecule has 122 valence electrons. The van der Waals surface area contributed by atoms with Crippen molar-refractivity contribution in [3.8, 4) is 11.5 Å². The molecule has 1 aromatic rings. The molecule has 22 heavy (non-hydrogen) atoms. The summed E-state index contributed by atoms with van der Waals surface area (Å²) >= 11 is 0. The maximum Gasteiger partial charge on any atom is 0.248 e. The molecule has 0 radical (unpaired) electrons. The maximum atomic E-state index is 13.1. The highest BCUT2D eigenvalue weighted by atomic mass is 19.3. The molecule has 2 rings (SSSR count). The number of phenols is 2. The lowest BCUT2D eigenvalue weighted by Gasteiger charge is -2.28. The van der Waals surface area contributed by atoms with E-state index in [0.29, 0.717) is 6.42 Å². The summed E-state index contributed by atoms with van der Waals surface area (Å²) in [7, 11) is 0. The van der Waals surface area contributed by atoms with Gasteiger partial charge in [-0.3, -0.25) is 4.79 Å². The van der Waals surface area contributed by atoms with E-state index in [4.69, 9.17) is 0 Å². The zero-order valence-electron chi connectivity index (χ0n) is 12.5. The first-order valence-corrected chi connectivity index (χ1v) is 7.46. The minimum Gasteiger partial charge on any atom is -0.504 e. The summed E-state index contributed by atoms with van der Waals surface area (Å²) in [5.41, 5.74) is 0.776. The van der Waals surface area contributed by atoms with Gasteiger partial charge in [0.2, 0.25) is 11.8 Å². The molecule has 3 N–H and O–H groups in total. The Morgan fingerprint density at radius 3 is 2.55 bits per heavy atom. The van der Waals surface area contributed by atoms with E-state index in [-0.39, 0.29) is 55.0 Å². The van der Waals surface area contributed by atoms with Crippen molar-refractivity contribution in [1.82, 2.24) is 5.32 Å². The van der Waals surface area contributed by atoms with Crippen molar-refractivity contribution < 1.29 is 23.8 Å². The van der Waals surface area contributed by atoms with E-state index in [1.165, 1.54) is 12.1 Å². The van der Waals surface area contributed by atoms with Crippen molar-refractivity contribution in [2.45, 2.75) is 51.0 Å². The highest BCUT2D eigenvalue weighted by molar-refractivity contribution is 5.79. The molecule has 0 heterocycles. The number of phenolic OH excluding ortho intramolecular Hbond substituents is 2. The van der Waals surface area contributed by atoms with Gasteiger partial charge < -0.3 is 15.5 Å². The summed E-state index contributed by atoms with van der Waals surface area (Å²) < 4.78 is 26.2. The Balaban J connectivity index is 1.85. The Morgan fingerprint density at radius 2 is 1.95 bits per heavy atom. The summed E-state index contributed by atoms with van der Waals surface area (Å²) in [4.78, 5) is 12.1. The van der Waals surface area contributed by atoms with E-state index in [2.05, 4.69) is 5.32 Å². The predicted octanol–water partition coefficient (Wildman–Crippen LogP) is 2.97. The fourth-order valence-corrected chi connectivity index (χ4v) is 2.76. The number of amides is 1. The van der Waals surface area contributed by atoms with Crippen molar-refractivity contribution >= 4 is 5.91 Å². The smallest absolute Gasteiger partial charge is 0.248 e. The number of hydrogen-bond donors (Lipinski definition) is 3. The highest BCUT2D eigenvalue weighted by Gasteiger charge is 2.37. The van der Waals surface area contributed by atoms with Crippen molar-refractivity contribution in [3.05, 3.63) is 23.8 Å². The molecular weight excluding hydrogens is 292 g/mol. The highest BCUT2D eigenvalue weighted by Crippen LogP contribution is 2.36. The first kappa shape index (κ1) is 16.5. The molecule has 0 aromatic heterocycles. The summed E-state index contributed by atoms with van der Waals surface area (Å²) in [5, 5.41) is 21.5. The van der Waals surface area contributed by atoms with Crippen LogP contribution in [0.2, 0.25) is 0 Å². The van der Waals surface area contributed by atoms with E-state index in [1.54, 1.807) is 6.07 Å². The van der Waals surface area contributed by atoms with Gasteiger partial charge in [-0.2, -0.15) is 0 Å². The Kier molecular flexibility index (Phi) is 4.88. The SMILES string of the molecule is CC(Cc1ccc(O)c(O)c1)NC(=O)C1CCC(F)(F)CC1. The fourth-order valence-electron chi connectivity index (χ4n) is 2.76. The number of alkyl halides is 2. The third-order valence-electron chi connectivity index (χ3n) is 4.06. The van der Waals surface area contributed by atoms with Crippen LogP contribution in [0.15, 0.2) is 18.2 Å². The molecule has 1 unspecified atom stereocenters. The van der Waals surface area contributed by atoms with Crippen LogP contribution in [0.5, 0.6) is 11.5 Å². The molecule has 0 aliphatic heterocycles. The summed E-state index contributed by atoms with van der Waals surface area (Å²) in [6.07, 6.45) is 0.455. The molecule has 1 fully saturated rings. The number of aromatic hydroxyl groups is 2. The molecule has 0 spiro atoms. The minimum atomic E-state index is -2.63. The maximum absolute atomic E-state index is 13.1. The zero-order valence-corrected chi connectivity index (χ0v) is 12.5. The van der Waals surface area contributed by atoms with E-state index in [9.17, 15) is 23.8 Å². The van der Waals surface area contributed by atoms with Crippen LogP contribution in [0.4, 0.5) is 8.78 Å². The van der Waals surface area contributed by atoms with Crippen LogP contribution < -0.4 is 5.32 Å². The second kappa shape index (κ2) is 6.50. The normalized spacial score (nSPS) is 19.6. The van der Waals surface area contributed by atoms with E-state index in [0.717, 1.165) is 5.56 Å².